The number of hydrogen-bond acceptors (Lipinski definition) is 4. The van der Waals surface area contributed by atoms with Gasteiger partial charge in [-0.05, 0) is 12.1 Å². The first-order valence-corrected chi connectivity index (χ1v) is 6.99. The van der Waals surface area contributed by atoms with Crippen LogP contribution in [-0.4, -0.2) is 18.3 Å². The number of para-hydroxylation sites is 1. The Morgan fingerprint density at radius 3 is 3.00 bits per heavy atom. The number of guanidine groups is 1. The number of nitrogens with one attached hydrogen (secondary N) is 2. The van der Waals surface area contributed by atoms with Crippen molar-refractivity contribution in [3.05, 3.63) is 46.3 Å². The average Bonchev–Trinajstić information content (AvgIpc) is 2.38. The molecule has 0 unspecified atom stereocenters. The molecule has 0 fully saturated rings. The van der Waals surface area contributed by atoms with Gasteiger partial charge in [-0.15, -0.1) is 0 Å². The van der Waals surface area contributed by atoms with E-state index in [9.17, 15) is 4.79 Å². The molecule has 0 aliphatic carbocycles. The normalized spacial score (nSPS) is 10.5. The van der Waals surface area contributed by atoms with Crippen molar-refractivity contribution >= 4 is 28.7 Å². The Bertz CT molecular complexity index is 639. The molecular formula is C13H15N3O2S. The molecule has 0 saturated heterocycles. The SMILES string of the molecule is N=C(N)NCCSCc1cc2ccccc2oc1=O. The third kappa shape index (κ3) is 3.75. The molecule has 2 aromatic rings. The van der Waals surface area contributed by atoms with Gasteiger partial charge in [-0.3, -0.25) is 5.41 Å². The molecule has 0 aliphatic rings. The molecule has 0 spiro atoms. The Hall–Kier alpha value is -1.95. The Morgan fingerprint density at radius 2 is 2.21 bits per heavy atom. The standard InChI is InChI=1S/C13H15N3O2S/c14-13(15)16-5-6-19-8-10-7-9-3-1-2-4-11(9)18-12(10)17/h1-4,7H,5-6,8H2,(H4,14,15,16). The first-order valence-electron chi connectivity index (χ1n) is 5.84. The molecule has 1 aromatic heterocycles. The fraction of sp³-hybridized carbons (Fsp3) is 0.231. The van der Waals surface area contributed by atoms with Crippen molar-refractivity contribution in [3.8, 4) is 0 Å². The van der Waals surface area contributed by atoms with Crippen LogP contribution in [0, 0.1) is 5.41 Å². The van der Waals surface area contributed by atoms with E-state index in [1.807, 2.05) is 24.3 Å². The molecule has 4 N–H and O–H groups in total. The van der Waals surface area contributed by atoms with Gasteiger partial charge in [-0.2, -0.15) is 11.8 Å². The molecular weight excluding hydrogens is 262 g/mol. The number of benzene rings is 1. The monoisotopic (exact) mass is 277 g/mol. The summed E-state index contributed by atoms with van der Waals surface area (Å²) < 4.78 is 5.25. The number of nitrogens with two attached hydrogens (primary N) is 1. The quantitative estimate of drug-likeness (QED) is 0.333. The molecule has 0 aliphatic heterocycles. The van der Waals surface area contributed by atoms with Crippen LogP contribution >= 0.6 is 11.8 Å². The summed E-state index contributed by atoms with van der Waals surface area (Å²) in [4.78, 5) is 11.8. The van der Waals surface area contributed by atoms with E-state index in [0.29, 0.717) is 23.4 Å². The van der Waals surface area contributed by atoms with Crippen molar-refractivity contribution in [2.75, 3.05) is 12.3 Å². The molecule has 19 heavy (non-hydrogen) atoms. The predicted molar refractivity (Wildman–Crippen MR) is 78.6 cm³/mol. The zero-order valence-electron chi connectivity index (χ0n) is 10.3. The maximum absolute atomic E-state index is 11.8. The summed E-state index contributed by atoms with van der Waals surface area (Å²) in [6.45, 7) is 0.610. The highest BCUT2D eigenvalue weighted by molar-refractivity contribution is 7.98. The molecule has 0 bridgehead atoms. The van der Waals surface area contributed by atoms with Crippen molar-refractivity contribution in [3.63, 3.8) is 0 Å². The molecule has 2 rings (SSSR count). The fourth-order valence-corrected chi connectivity index (χ4v) is 2.46. The molecule has 0 saturated carbocycles. The van der Waals surface area contributed by atoms with E-state index in [2.05, 4.69) is 5.32 Å². The van der Waals surface area contributed by atoms with Crippen molar-refractivity contribution < 1.29 is 4.42 Å². The van der Waals surface area contributed by atoms with Crippen molar-refractivity contribution in [2.24, 2.45) is 5.73 Å². The summed E-state index contributed by atoms with van der Waals surface area (Å²) in [7, 11) is 0. The van der Waals surface area contributed by atoms with Crippen LogP contribution in [0.4, 0.5) is 0 Å². The van der Waals surface area contributed by atoms with Crippen LogP contribution < -0.4 is 16.7 Å². The maximum atomic E-state index is 11.8. The van der Waals surface area contributed by atoms with Crippen molar-refractivity contribution in [1.82, 2.24) is 5.32 Å². The first kappa shape index (κ1) is 13.5. The summed E-state index contributed by atoms with van der Waals surface area (Å²) in [6, 6.07) is 9.32. The van der Waals surface area contributed by atoms with E-state index in [-0.39, 0.29) is 11.6 Å². The molecule has 5 nitrogen and oxygen atoms in total. The van der Waals surface area contributed by atoms with E-state index < -0.39 is 0 Å². The summed E-state index contributed by atoms with van der Waals surface area (Å²) >= 11 is 1.60. The molecule has 0 atom stereocenters. The van der Waals surface area contributed by atoms with Crippen molar-refractivity contribution in [1.29, 1.82) is 5.41 Å². The molecule has 1 heterocycles. The number of rotatable bonds is 5. The zero-order valence-corrected chi connectivity index (χ0v) is 11.1. The highest BCUT2D eigenvalue weighted by Crippen LogP contribution is 2.15. The summed E-state index contributed by atoms with van der Waals surface area (Å²) in [6.07, 6.45) is 0. The van der Waals surface area contributed by atoms with Gasteiger partial charge in [-0.1, -0.05) is 18.2 Å². The van der Waals surface area contributed by atoms with Gasteiger partial charge in [0, 0.05) is 29.0 Å². The third-order valence-corrected chi connectivity index (χ3v) is 3.54. The predicted octanol–water partition coefficient (Wildman–Crippen LogP) is 1.51. The van der Waals surface area contributed by atoms with Crippen LogP contribution in [0.15, 0.2) is 39.5 Å². The molecule has 100 valence electrons. The van der Waals surface area contributed by atoms with Crippen molar-refractivity contribution in [2.45, 2.75) is 5.75 Å². The van der Waals surface area contributed by atoms with Crippen LogP contribution in [0.1, 0.15) is 5.56 Å². The lowest BCUT2D eigenvalue weighted by Crippen LogP contribution is -2.31. The number of fused-ring (bicyclic) bond motifs is 1. The molecule has 0 radical (unpaired) electrons. The van der Waals surface area contributed by atoms with E-state index in [0.717, 1.165) is 11.1 Å². The summed E-state index contributed by atoms with van der Waals surface area (Å²) in [5.74, 6) is 1.32. The van der Waals surface area contributed by atoms with Gasteiger partial charge < -0.3 is 15.5 Å². The Morgan fingerprint density at radius 1 is 1.42 bits per heavy atom. The minimum absolute atomic E-state index is 0.0363. The lowest BCUT2D eigenvalue weighted by Gasteiger charge is -2.04. The second-order valence-electron chi connectivity index (χ2n) is 3.99. The lowest BCUT2D eigenvalue weighted by atomic mass is 10.2. The Balaban J connectivity index is 1.98. The van der Waals surface area contributed by atoms with E-state index in [1.54, 1.807) is 17.8 Å². The Kier molecular flexibility index (Phi) is 4.46. The Labute approximate surface area is 114 Å². The van der Waals surface area contributed by atoms with Gasteiger partial charge in [-0.25, -0.2) is 4.79 Å². The highest BCUT2D eigenvalue weighted by atomic mass is 32.2. The van der Waals surface area contributed by atoms with Gasteiger partial charge in [0.25, 0.3) is 0 Å². The lowest BCUT2D eigenvalue weighted by molar-refractivity contribution is 0.554. The first-order chi connectivity index (χ1) is 9.16. The maximum Gasteiger partial charge on any atom is 0.340 e. The topological polar surface area (TPSA) is 92.1 Å². The van der Waals surface area contributed by atoms with Gasteiger partial charge in [0.05, 0.1) is 0 Å². The second kappa shape index (κ2) is 6.29. The number of hydrogen-bond donors (Lipinski definition) is 3. The van der Waals surface area contributed by atoms with Crippen LogP contribution in [0.25, 0.3) is 11.0 Å². The minimum Gasteiger partial charge on any atom is -0.423 e. The molecule has 1 aromatic carbocycles. The third-order valence-electron chi connectivity index (χ3n) is 2.53. The molecule has 0 amide bonds. The largest absolute Gasteiger partial charge is 0.423 e. The smallest absolute Gasteiger partial charge is 0.340 e. The van der Waals surface area contributed by atoms with Crippen LogP contribution in [0.2, 0.25) is 0 Å². The van der Waals surface area contributed by atoms with Crippen LogP contribution in [0.5, 0.6) is 0 Å². The van der Waals surface area contributed by atoms with Crippen LogP contribution in [0.3, 0.4) is 0 Å². The average molecular weight is 277 g/mol. The minimum atomic E-state index is -0.286. The summed E-state index contributed by atoms with van der Waals surface area (Å²) in [5.41, 5.74) is 6.15. The highest BCUT2D eigenvalue weighted by Gasteiger charge is 2.04. The zero-order chi connectivity index (χ0) is 13.7. The van der Waals surface area contributed by atoms with Crippen LogP contribution in [-0.2, 0) is 5.75 Å². The van der Waals surface area contributed by atoms with Gasteiger partial charge in [0.15, 0.2) is 5.96 Å². The van der Waals surface area contributed by atoms with Gasteiger partial charge in [0.2, 0.25) is 0 Å². The van der Waals surface area contributed by atoms with Gasteiger partial charge in [0.1, 0.15) is 5.58 Å². The van der Waals surface area contributed by atoms with Gasteiger partial charge >= 0.3 is 5.63 Å². The number of thioether (sulfide) groups is 1. The molecule has 6 heteroatoms. The second-order valence-corrected chi connectivity index (χ2v) is 5.10. The summed E-state index contributed by atoms with van der Waals surface area (Å²) in [5, 5.41) is 10.7. The van der Waals surface area contributed by atoms with E-state index >= 15 is 0 Å². The van der Waals surface area contributed by atoms with E-state index in [4.69, 9.17) is 15.6 Å². The van der Waals surface area contributed by atoms with E-state index in [1.165, 1.54) is 0 Å². The fourth-order valence-electron chi connectivity index (χ4n) is 1.65.